The van der Waals surface area contributed by atoms with Gasteiger partial charge in [0, 0.05) is 44.5 Å². The largest absolute Gasteiger partial charge is 0.335 e. The van der Waals surface area contributed by atoms with Crippen molar-refractivity contribution in [2.24, 2.45) is 0 Å². The number of nitrogens with zero attached hydrogens (tertiary/aromatic N) is 2. The molecule has 2 saturated heterocycles. The molecule has 6 heteroatoms. The van der Waals surface area contributed by atoms with Crippen molar-refractivity contribution in [3.63, 3.8) is 0 Å². The van der Waals surface area contributed by atoms with Gasteiger partial charge in [0.2, 0.25) is 0 Å². The first-order valence-corrected chi connectivity index (χ1v) is 9.96. The van der Waals surface area contributed by atoms with Gasteiger partial charge in [-0.15, -0.1) is 0 Å². The van der Waals surface area contributed by atoms with Crippen LogP contribution in [0, 0.1) is 5.82 Å². The molecular formula is C18H26FN3OS. The zero-order valence-corrected chi connectivity index (χ0v) is 14.9. The maximum atomic E-state index is 13.0. The molecular weight excluding hydrogens is 325 g/mol. The Morgan fingerprint density at radius 2 is 1.88 bits per heavy atom. The van der Waals surface area contributed by atoms with Crippen LogP contribution in [-0.2, 0) is 6.54 Å². The summed E-state index contributed by atoms with van der Waals surface area (Å²) in [6.07, 6.45) is 3.05. The molecule has 1 aromatic rings. The van der Waals surface area contributed by atoms with Crippen LogP contribution in [-0.4, -0.2) is 59.6 Å². The predicted molar refractivity (Wildman–Crippen MR) is 96.7 cm³/mol. The van der Waals surface area contributed by atoms with E-state index in [0.29, 0.717) is 0 Å². The van der Waals surface area contributed by atoms with Crippen LogP contribution in [0.15, 0.2) is 24.3 Å². The van der Waals surface area contributed by atoms with Crippen LogP contribution >= 0.6 is 11.8 Å². The first-order valence-electron chi connectivity index (χ1n) is 8.81. The second-order valence-corrected chi connectivity index (χ2v) is 7.80. The molecule has 0 atom stereocenters. The predicted octanol–water partition coefficient (Wildman–Crippen LogP) is 2.94. The summed E-state index contributed by atoms with van der Waals surface area (Å²) in [5.41, 5.74) is 1.14. The smallest absolute Gasteiger partial charge is 0.317 e. The lowest BCUT2D eigenvalue weighted by Gasteiger charge is -2.33. The van der Waals surface area contributed by atoms with Crippen LogP contribution in [0.2, 0.25) is 0 Å². The number of piperidine rings is 1. The van der Waals surface area contributed by atoms with Gasteiger partial charge in [-0.2, -0.15) is 11.8 Å². The summed E-state index contributed by atoms with van der Waals surface area (Å²) in [4.78, 5) is 16.7. The van der Waals surface area contributed by atoms with Crippen LogP contribution in [0.3, 0.4) is 0 Å². The fourth-order valence-electron chi connectivity index (χ4n) is 3.30. The Kier molecular flexibility index (Phi) is 6.37. The molecule has 1 aromatic carbocycles. The van der Waals surface area contributed by atoms with Crippen molar-refractivity contribution in [2.75, 3.05) is 37.7 Å². The average Bonchev–Trinajstić information content (AvgIpc) is 2.88. The van der Waals surface area contributed by atoms with Gasteiger partial charge in [0.05, 0.1) is 0 Å². The lowest BCUT2D eigenvalue weighted by atomic mass is 10.0. The number of carbonyl (C=O) groups excluding carboxylic acids is 1. The summed E-state index contributed by atoms with van der Waals surface area (Å²) in [7, 11) is 0. The topological polar surface area (TPSA) is 35.6 Å². The normalized spacial score (nSPS) is 20.6. The van der Waals surface area contributed by atoms with E-state index < -0.39 is 0 Å². The van der Waals surface area contributed by atoms with E-state index in [1.54, 1.807) is 0 Å². The Morgan fingerprint density at radius 3 is 2.62 bits per heavy atom. The number of benzene rings is 1. The van der Waals surface area contributed by atoms with Crippen molar-refractivity contribution in [3.8, 4) is 0 Å². The van der Waals surface area contributed by atoms with Crippen LogP contribution in [0.1, 0.15) is 24.8 Å². The molecule has 0 aromatic heterocycles. The lowest BCUT2D eigenvalue weighted by molar-refractivity contribution is 0.170. The number of likely N-dealkylation sites (tertiary alicyclic amines) is 1. The SMILES string of the molecule is O=C(NC1CCN(Cc2ccc(F)cc2)CC1)N1CCCSCC1. The monoisotopic (exact) mass is 351 g/mol. The third kappa shape index (κ3) is 5.11. The van der Waals surface area contributed by atoms with Crippen molar-refractivity contribution in [1.29, 1.82) is 0 Å². The zero-order valence-electron chi connectivity index (χ0n) is 14.0. The van der Waals surface area contributed by atoms with E-state index in [-0.39, 0.29) is 17.9 Å². The van der Waals surface area contributed by atoms with Crippen LogP contribution in [0.5, 0.6) is 0 Å². The van der Waals surface area contributed by atoms with Crippen LogP contribution in [0.4, 0.5) is 9.18 Å². The molecule has 2 heterocycles. The molecule has 0 radical (unpaired) electrons. The standard InChI is InChI=1S/C18H26FN3OS/c19-16-4-2-15(3-5-16)14-21-9-6-17(7-10-21)20-18(23)22-8-1-12-24-13-11-22/h2-5,17H,1,6-14H2,(H,20,23). The van der Waals surface area contributed by atoms with Gasteiger partial charge in [0.15, 0.2) is 0 Å². The molecule has 0 aliphatic carbocycles. The minimum Gasteiger partial charge on any atom is -0.335 e. The van der Waals surface area contributed by atoms with Gasteiger partial charge in [-0.3, -0.25) is 4.90 Å². The first-order chi connectivity index (χ1) is 11.7. The number of amides is 2. The Balaban J connectivity index is 1.41. The van der Waals surface area contributed by atoms with Crippen LogP contribution in [0.25, 0.3) is 0 Å². The molecule has 1 N–H and O–H groups in total. The van der Waals surface area contributed by atoms with E-state index in [9.17, 15) is 9.18 Å². The number of halogens is 1. The molecule has 3 rings (SSSR count). The van der Waals surface area contributed by atoms with Gasteiger partial charge in [0.1, 0.15) is 5.82 Å². The summed E-state index contributed by atoms with van der Waals surface area (Å²) in [5.74, 6) is 2.02. The summed E-state index contributed by atoms with van der Waals surface area (Å²) >= 11 is 1.93. The summed E-state index contributed by atoms with van der Waals surface area (Å²) < 4.78 is 13.0. The number of urea groups is 1. The van der Waals surface area contributed by atoms with E-state index in [1.165, 1.54) is 12.1 Å². The maximum absolute atomic E-state index is 13.0. The van der Waals surface area contributed by atoms with Crippen LogP contribution < -0.4 is 5.32 Å². The molecule has 0 spiro atoms. The molecule has 0 bridgehead atoms. The summed E-state index contributed by atoms with van der Waals surface area (Å²) in [5, 5.41) is 3.21. The van der Waals surface area contributed by atoms with E-state index in [0.717, 1.165) is 69.1 Å². The number of hydrogen-bond acceptors (Lipinski definition) is 3. The van der Waals surface area contributed by atoms with Gasteiger partial charge in [0.25, 0.3) is 0 Å². The van der Waals surface area contributed by atoms with E-state index in [4.69, 9.17) is 0 Å². The molecule has 2 fully saturated rings. The van der Waals surface area contributed by atoms with E-state index >= 15 is 0 Å². The molecule has 0 saturated carbocycles. The average molecular weight is 351 g/mol. The Labute approximate surface area is 147 Å². The Hall–Kier alpha value is -1.27. The minimum atomic E-state index is -0.188. The van der Waals surface area contributed by atoms with Gasteiger partial charge >= 0.3 is 6.03 Å². The van der Waals surface area contributed by atoms with Gasteiger partial charge in [-0.05, 0) is 42.7 Å². The number of carbonyl (C=O) groups is 1. The lowest BCUT2D eigenvalue weighted by Crippen LogP contribution is -2.49. The maximum Gasteiger partial charge on any atom is 0.317 e. The number of rotatable bonds is 3. The molecule has 132 valence electrons. The highest BCUT2D eigenvalue weighted by Crippen LogP contribution is 2.15. The molecule has 0 unspecified atom stereocenters. The number of nitrogens with one attached hydrogen (secondary N) is 1. The van der Waals surface area contributed by atoms with Crippen molar-refractivity contribution in [2.45, 2.75) is 31.8 Å². The number of thioether (sulfide) groups is 1. The van der Waals surface area contributed by atoms with E-state index in [1.807, 2.05) is 28.8 Å². The molecule has 24 heavy (non-hydrogen) atoms. The second kappa shape index (κ2) is 8.72. The van der Waals surface area contributed by atoms with Crippen molar-refractivity contribution in [1.82, 2.24) is 15.1 Å². The highest BCUT2D eigenvalue weighted by atomic mass is 32.2. The van der Waals surface area contributed by atoms with E-state index in [2.05, 4.69) is 10.2 Å². The van der Waals surface area contributed by atoms with Crippen molar-refractivity contribution in [3.05, 3.63) is 35.6 Å². The van der Waals surface area contributed by atoms with Gasteiger partial charge in [-0.1, -0.05) is 12.1 Å². The summed E-state index contributed by atoms with van der Waals surface area (Å²) in [6, 6.07) is 7.11. The molecule has 2 aliphatic rings. The summed E-state index contributed by atoms with van der Waals surface area (Å²) in [6.45, 7) is 4.53. The van der Waals surface area contributed by atoms with Crippen molar-refractivity contribution >= 4 is 17.8 Å². The fourth-order valence-corrected chi connectivity index (χ4v) is 4.19. The molecule has 4 nitrogen and oxygen atoms in total. The highest BCUT2D eigenvalue weighted by molar-refractivity contribution is 7.99. The minimum absolute atomic E-state index is 0.106. The molecule has 2 amide bonds. The fraction of sp³-hybridized carbons (Fsp3) is 0.611. The Morgan fingerprint density at radius 1 is 1.12 bits per heavy atom. The quantitative estimate of drug-likeness (QED) is 0.909. The van der Waals surface area contributed by atoms with Gasteiger partial charge in [-0.25, -0.2) is 9.18 Å². The third-order valence-electron chi connectivity index (χ3n) is 4.74. The third-order valence-corrected chi connectivity index (χ3v) is 5.79. The number of hydrogen-bond donors (Lipinski definition) is 1. The first kappa shape index (κ1) is 17.5. The zero-order chi connectivity index (χ0) is 16.8. The van der Waals surface area contributed by atoms with Crippen molar-refractivity contribution < 1.29 is 9.18 Å². The second-order valence-electron chi connectivity index (χ2n) is 6.58. The molecule has 2 aliphatic heterocycles. The Bertz CT molecular complexity index is 524. The van der Waals surface area contributed by atoms with Gasteiger partial charge < -0.3 is 10.2 Å². The highest BCUT2D eigenvalue weighted by Gasteiger charge is 2.23.